The van der Waals surface area contributed by atoms with E-state index in [0.717, 1.165) is 6.61 Å². The van der Waals surface area contributed by atoms with Crippen LogP contribution >= 0.6 is 0 Å². The van der Waals surface area contributed by atoms with E-state index in [-0.39, 0.29) is 5.97 Å². The Morgan fingerprint density at radius 3 is 2.53 bits per heavy atom. The molecule has 1 unspecified atom stereocenters. The van der Waals surface area contributed by atoms with E-state index in [1.165, 1.54) is 6.08 Å². The van der Waals surface area contributed by atoms with Gasteiger partial charge in [0.2, 0.25) is 0 Å². The van der Waals surface area contributed by atoms with Crippen LogP contribution in [-0.4, -0.2) is 38.4 Å². The molecule has 0 amide bonds. The van der Waals surface area contributed by atoms with Crippen molar-refractivity contribution in [1.29, 1.82) is 0 Å². The molecule has 0 rings (SSSR count). The molecule has 0 aliphatic heterocycles. The van der Waals surface area contributed by atoms with Crippen molar-refractivity contribution in [3.8, 4) is 0 Å². The highest BCUT2D eigenvalue weighted by Crippen LogP contribution is 2.01. The van der Waals surface area contributed by atoms with Crippen LogP contribution in [0.2, 0.25) is 0 Å². The Kier molecular flexibility index (Phi) is 9.77. The highest BCUT2D eigenvalue weighted by atomic mass is 16.5. The maximum atomic E-state index is 11.0. The predicted molar refractivity (Wildman–Crippen MR) is 68.9 cm³/mol. The lowest BCUT2D eigenvalue weighted by Crippen LogP contribution is -2.38. The summed E-state index contributed by atoms with van der Waals surface area (Å²) in [5.41, 5.74) is 0. The second kappa shape index (κ2) is 10.3. The van der Waals surface area contributed by atoms with Crippen molar-refractivity contribution in [3.63, 3.8) is 0 Å². The van der Waals surface area contributed by atoms with Gasteiger partial charge in [-0.15, -0.1) is 0 Å². The van der Waals surface area contributed by atoms with Crippen LogP contribution in [0.1, 0.15) is 27.7 Å². The number of ether oxygens (including phenoxy) is 2. The monoisotopic (exact) mass is 243 g/mol. The molecule has 0 heterocycles. The molecule has 100 valence electrons. The summed E-state index contributed by atoms with van der Waals surface area (Å²) < 4.78 is 10.2. The highest BCUT2D eigenvalue weighted by molar-refractivity contribution is 5.81. The number of hydrogen-bond acceptors (Lipinski definition) is 4. The van der Waals surface area contributed by atoms with E-state index >= 15 is 0 Å². The Balaban J connectivity index is 3.84. The van der Waals surface area contributed by atoms with Crippen LogP contribution < -0.4 is 5.32 Å². The van der Waals surface area contributed by atoms with Crippen LogP contribution in [0.4, 0.5) is 0 Å². The third-order valence-corrected chi connectivity index (χ3v) is 2.34. The highest BCUT2D eigenvalue weighted by Gasteiger charge is 2.11. The normalized spacial score (nSPS) is 13.2. The molecular formula is C13H25NO3. The Morgan fingerprint density at radius 2 is 2.00 bits per heavy atom. The standard InChI is InChI=1S/C13H25NO3/c1-5-16-10-12(11(3)4)14-9-7-8-13(15)17-6-2/h7-8,11-12,14H,5-6,9-10H2,1-4H3/b8-7+. The maximum Gasteiger partial charge on any atom is 0.330 e. The van der Waals surface area contributed by atoms with Crippen LogP contribution in [0.25, 0.3) is 0 Å². The van der Waals surface area contributed by atoms with Crippen LogP contribution in [0.3, 0.4) is 0 Å². The van der Waals surface area contributed by atoms with Gasteiger partial charge in [-0.3, -0.25) is 0 Å². The predicted octanol–water partition coefficient (Wildman–Crippen LogP) is 1.76. The van der Waals surface area contributed by atoms with E-state index in [9.17, 15) is 4.79 Å². The molecular weight excluding hydrogens is 218 g/mol. The van der Waals surface area contributed by atoms with Crippen LogP contribution in [0.15, 0.2) is 12.2 Å². The lowest BCUT2D eigenvalue weighted by molar-refractivity contribution is -0.137. The Bertz CT molecular complexity index is 227. The van der Waals surface area contributed by atoms with E-state index < -0.39 is 0 Å². The van der Waals surface area contributed by atoms with E-state index in [0.29, 0.717) is 31.7 Å². The van der Waals surface area contributed by atoms with Gasteiger partial charge in [0, 0.05) is 25.3 Å². The fourth-order valence-corrected chi connectivity index (χ4v) is 1.30. The molecule has 0 bridgehead atoms. The van der Waals surface area contributed by atoms with Gasteiger partial charge in [0.25, 0.3) is 0 Å². The molecule has 0 aliphatic rings. The van der Waals surface area contributed by atoms with Crippen molar-refractivity contribution >= 4 is 5.97 Å². The molecule has 1 N–H and O–H groups in total. The van der Waals surface area contributed by atoms with Crippen molar-refractivity contribution in [1.82, 2.24) is 5.32 Å². The molecule has 0 aliphatic carbocycles. The summed E-state index contributed by atoms with van der Waals surface area (Å²) in [5.74, 6) is 0.206. The lowest BCUT2D eigenvalue weighted by Gasteiger charge is -2.21. The van der Waals surface area contributed by atoms with Gasteiger partial charge in [0.15, 0.2) is 0 Å². The van der Waals surface area contributed by atoms with Crippen molar-refractivity contribution < 1.29 is 14.3 Å². The molecule has 0 aromatic carbocycles. The summed E-state index contributed by atoms with van der Waals surface area (Å²) in [6.45, 7) is 10.5. The largest absolute Gasteiger partial charge is 0.463 e. The fourth-order valence-electron chi connectivity index (χ4n) is 1.30. The first-order valence-corrected chi connectivity index (χ1v) is 6.26. The minimum atomic E-state index is -0.291. The smallest absolute Gasteiger partial charge is 0.330 e. The van der Waals surface area contributed by atoms with E-state index in [1.54, 1.807) is 13.0 Å². The molecule has 0 spiro atoms. The molecule has 0 aromatic rings. The van der Waals surface area contributed by atoms with Crippen molar-refractivity contribution in [3.05, 3.63) is 12.2 Å². The Labute approximate surface area is 104 Å². The van der Waals surface area contributed by atoms with Gasteiger partial charge < -0.3 is 14.8 Å². The maximum absolute atomic E-state index is 11.0. The van der Waals surface area contributed by atoms with Gasteiger partial charge >= 0.3 is 5.97 Å². The first-order chi connectivity index (χ1) is 8.11. The summed E-state index contributed by atoms with van der Waals surface area (Å²) in [5, 5.41) is 3.33. The van der Waals surface area contributed by atoms with E-state index in [4.69, 9.17) is 9.47 Å². The number of carbonyl (C=O) groups excluding carboxylic acids is 1. The molecule has 0 aromatic heterocycles. The van der Waals surface area contributed by atoms with Crippen LogP contribution in [-0.2, 0) is 14.3 Å². The van der Waals surface area contributed by atoms with E-state index in [1.807, 2.05) is 6.92 Å². The first-order valence-electron chi connectivity index (χ1n) is 6.26. The fraction of sp³-hybridized carbons (Fsp3) is 0.769. The van der Waals surface area contributed by atoms with Gasteiger partial charge in [-0.25, -0.2) is 4.79 Å². The molecule has 0 radical (unpaired) electrons. The molecule has 0 saturated carbocycles. The van der Waals surface area contributed by atoms with Gasteiger partial charge in [-0.1, -0.05) is 19.9 Å². The van der Waals surface area contributed by atoms with Gasteiger partial charge in [-0.05, 0) is 19.8 Å². The third kappa shape index (κ3) is 8.89. The number of esters is 1. The average molecular weight is 243 g/mol. The second-order valence-corrected chi connectivity index (χ2v) is 4.07. The number of carbonyl (C=O) groups is 1. The lowest BCUT2D eigenvalue weighted by atomic mass is 10.1. The summed E-state index contributed by atoms with van der Waals surface area (Å²) in [4.78, 5) is 11.0. The summed E-state index contributed by atoms with van der Waals surface area (Å²) in [6.07, 6.45) is 3.23. The van der Waals surface area contributed by atoms with Crippen LogP contribution in [0.5, 0.6) is 0 Å². The summed E-state index contributed by atoms with van der Waals surface area (Å²) >= 11 is 0. The van der Waals surface area contributed by atoms with E-state index in [2.05, 4.69) is 19.2 Å². The Morgan fingerprint density at radius 1 is 1.29 bits per heavy atom. The minimum Gasteiger partial charge on any atom is -0.463 e. The van der Waals surface area contributed by atoms with Gasteiger partial charge in [-0.2, -0.15) is 0 Å². The Hall–Kier alpha value is -0.870. The van der Waals surface area contributed by atoms with Crippen molar-refractivity contribution in [2.75, 3.05) is 26.4 Å². The second-order valence-electron chi connectivity index (χ2n) is 4.07. The molecule has 17 heavy (non-hydrogen) atoms. The quantitative estimate of drug-likeness (QED) is 0.495. The van der Waals surface area contributed by atoms with Crippen molar-refractivity contribution in [2.45, 2.75) is 33.7 Å². The molecule has 0 saturated heterocycles. The van der Waals surface area contributed by atoms with Crippen LogP contribution in [0, 0.1) is 5.92 Å². The minimum absolute atomic E-state index is 0.291. The number of rotatable bonds is 9. The molecule has 0 fully saturated rings. The third-order valence-electron chi connectivity index (χ3n) is 2.34. The average Bonchev–Trinajstić information content (AvgIpc) is 2.28. The SMILES string of the molecule is CCOCC(NC/C=C/C(=O)OCC)C(C)C. The zero-order chi connectivity index (χ0) is 13.1. The molecule has 4 heteroatoms. The van der Waals surface area contributed by atoms with Gasteiger partial charge in [0.05, 0.1) is 13.2 Å². The first kappa shape index (κ1) is 16.1. The zero-order valence-electron chi connectivity index (χ0n) is 11.4. The molecule has 4 nitrogen and oxygen atoms in total. The zero-order valence-corrected chi connectivity index (χ0v) is 11.4. The molecule has 1 atom stereocenters. The summed E-state index contributed by atoms with van der Waals surface area (Å²) in [6, 6.07) is 0.307. The summed E-state index contributed by atoms with van der Waals surface area (Å²) in [7, 11) is 0. The topological polar surface area (TPSA) is 47.6 Å². The van der Waals surface area contributed by atoms with Crippen molar-refractivity contribution in [2.24, 2.45) is 5.92 Å². The van der Waals surface area contributed by atoms with Gasteiger partial charge in [0.1, 0.15) is 0 Å². The number of nitrogens with one attached hydrogen (secondary N) is 1. The number of hydrogen-bond donors (Lipinski definition) is 1.